The van der Waals surface area contributed by atoms with E-state index in [1.165, 1.54) is 11.1 Å². The van der Waals surface area contributed by atoms with Gasteiger partial charge in [-0.2, -0.15) is 4.98 Å². The topological polar surface area (TPSA) is 47.8 Å². The van der Waals surface area contributed by atoms with Crippen LogP contribution < -0.4 is 5.69 Å². The predicted octanol–water partition coefficient (Wildman–Crippen LogP) is 3.86. The maximum absolute atomic E-state index is 12.7. The minimum atomic E-state index is -0.160. The lowest BCUT2D eigenvalue weighted by atomic mass is 9.97. The molecule has 0 saturated heterocycles. The summed E-state index contributed by atoms with van der Waals surface area (Å²) >= 11 is 1.68. The Labute approximate surface area is 157 Å². The molecule has 4 nitrogen and oxygen atoms in total. The molecule has 0 aliphatic heterocycles. The SMILES string of the molecule is O=c1nc(SCc2ccccc2)c2c(n1Cc1ccccn1)CCCC2. The Bertz CT molecular complexity index is 939. The summed E-state index contributed by atoms with van der Waals surface area (Å²) in [5.74, 6) is 0.837. The molecule has 3 aromatic rings. The number of aromatic nitrogens is 3. The first-order chi connectivity index (χ1) is 12.8. The zero-order valence-electron chi connectivity index (χ0n) is 14.6. The normalized spacial score (nSPS) is 13.4. The maximum atomic E-state index is 12.7. The third-order valence-corrected chi connectivity index (χ3v) is 5.80. The molecule has 1 aliphatic rings. The lowest BCUT2D eigenvalue weighted by molar-refractivity contribution is 0.565. The van der Waals surface area contributed by atoms with Crippen LogP contribution in [0.2, 0.25) is 0 Å². The zero-order valence-corrected chi connectivity index (χ0v) is 15.4. The van der Waals surface area contributed by atoms with Crippen molar-refractivity contribution in [3.8, 4) is 0 Å². The second-order valence-electron chi connectivity index (χ2n) is 6.51. The molecule has 0 radical (unpaired) electrons. The van der Waals surface area contributed by atoms with Gasteiger partial charge in [-0.1, -0.05) is 36.4 Å². The Kier molecular flexibility index (Phi) is 5.16. The summed E-state index contributed by atoms with van der Waals surface area (Å²) in [6.07, 6.45) is 6.00. The van der Waals surface area contributed by atoms with Gasteiger partial charge in [0.2, 0.25) is 0 Å². The van der Waals surface area contributed by atoms with Crippen molar-refractivity contribution in [3.63, 3.8) is 0 Å². The number of benzene rings is 1. The van der Waals surface area contributed by atoms with E-state index in [0.29, 0.717) is 6.54 Å². The van der Waals surface area contributed by atoms with E-state index in [1.54, 1.807) is 18.0 Å². The van der Waals surface area contributed by atoms with Crippen molar-refractivity contribution in [1.82, 2.24) is 14.5 Å². The van der Waals surface area contributed by atoms with E-state index in [0.717, 1.165) is 47.8 Å². The molecule has 5 heteroatoms. The summed E-state index contributed by atoms with van der Waals surface area (Å²) < 4.78 is 1.82. The fraction of sp³-hybridized carbons (Fsp3) is 0.286. The van der Waals surface area contributed by atoms with Crippen LogP contribution in [0, 0.1) is 0 Å². The largest absolute Gasteiger partial charge is 0.349 e. The van der Waals surface area contributed by atoms with Gasteiger partial charge in [-0.15, -0.1) is 11.8 Å². The van der Waals surface area contributed by atoms with Crippen LogP contribution in [0.1, 0.15) is 35.4 Å². The van der Waals surface area contributed by atoms with E-state index in [2.05, 4.69) is 22.1 Å². The van der Waals surface area contributed by atoms with Crippen LogP contribution in [-0.2, 0) is 25.1 Å². The van der Waals surface area contributed by atoms with Crippen molar-refractivity contribution in [1.29, 1.82) is 0 Å². The maximum Gasteiger partial charge on any atom is 0.349 e. The van der Waals surface area contributed by atoms with Gasteiger partial charge in [0.1, 0.15) is 5.03 Å². The van der Waals surface area contributed by atoms with Gasteiger partial charge < -0.3 is 0 Å². The van der Waals surface area contributed by atoms with E-state index >= 15 is 0 Å². The van der Waals surface area contributed by atoms with Crippen LogP contribution in [0.5, 0.6) is 0 Å². The van der Waals surface area contributed by atoms with Crippen LogP contribution in [0.15, 0.2) is 64.5 Å². The summed E-state index contributed by atoms with van der Waals surface area (Å²) in [7, 11) is 0. The number of rotatable bonds is 5. The number of hydrogen-bond donors (Lipinski definition) is 0. The van der Waals surface area contributed by atoms with Crippen LogP contribution in [-0.4, -0.2) is 14.5 Å². The number of thioether (sulfide) groups is 1. The van der Waals surface area contributed by atoms with Crippen LogP contribution in [0.3, 0.4) is 0 Å². The van der Waals surface area contributed by atoms with Gasteiger partial charge in [-0.3, -0.25) is 9.55 Å². The fourth-order valence-electron chi connectivity index (χ4n) is 3.41. The first-order valence-electron chi connectivity index (χ1n) is 9.00. The van der Waals surface area contributed by atoms with Gasteiger partial charge in [-0.05, 0) is 43.4 Å². The van der Waals surface area contributed by atoms with Crippen molar-refractivity contribution in [3.05, 3.63) is 87.7 Å². The Morgan fingerprint density at radius 1 is 1.00 bits per heavy atom. The Hall–Kier alpha value is -2.40. The first kappa shape index (κ1) is 17.0. The van der Waals surface area contributed by atoms with E-state index in [9.17, 15) is 4.79 Å². The summed E-state index contributed by atoms with van der Waals surface area (Å²) in [5.41, 5.74) is 4.40. The van der Waals surface area contributed by atoms with Crippen LogP contribution in [0.25, 0.3) is 0 Å². The Morgan fingerprint density at radius 2 is 1.81 bits per heavy atom. The molecule has 0 spiro atoms. The van der Waals surface area contributed by atoms with Crippen LogP contribution >= 0.6 is 11.8 Å². The van der Waals surface area contributed by atoms with Crippen LogP contribution in [0.4, 0.5) is 0 Å². The summed E-state index contributed by atoms with van der Waals surface area (Å²) in [6.45, 7) is 0.499. The highest BCUT2D eigenvalue weighted by molar-refractivity contribution is 7.98. The Balaban J connectivity index is 1.66. The molecular formula is C21H21N3OS. The van der Waals surface area contributed by atoms with Crippen molar-refractivity contribution < 1.29 is 0 Å². The van der Waals surface area contributed by atoms with Gasteiger partial charge in [0, 0.05) is 23.2 Å². The molecular weight excluding hydrogens is 342 g/mol. The van der Waals surface area contributed by atoms with Gasteiger partial charge in [-0.25, -0.2) is 4.79 Å². The fourth-order valence-corrected chi connectivity index (χ4v) is 4.44. The molecule has 0 N–H and O–H groups in total. The van der Waals surface area contributed by atoms with E-state index in [1.807, 2.05) is 41.0 Å². The minimum absolute atomic E-state index is 0.160. The molecule has 2 aromatic heterocycles. The second kappa shape index (κ2) is 7.87. The van der Waals surface area contributed by atoms with E-state index < -0.39 is 0 Å². The molecule has 0 bridgehead atoms. The highest BCUT2D eigenvalue weighted by Gasteiger charge is 2.20. The van der Waals surface area contributed by atoms with Gasteiger partial charge in [0.15, 0.2) is 0 Å². The lowest BCUT2D eigenvalue weighted by Gasteiger charge is -2.22. The molecule has 0 amide bonds. The molecule has 132 valence electrons. The third kappa shape index (κ3) is 3.73. The second-order valence-corrected chi connectivity index (χ2v) is 7.48. The molecule has 1 aromatic carbocycles. The quantitative estimate of drug-likeness (QED) is 0.510. The lowest BCUT2D eigenvalue weighted by Crippen LogP contribution is -2.30. The number of fused-ring (bicyclic) bond motifs is 1. The first-order valence-corrected chi connectivity index (χ1v) is 9.99. The smallest absolute Gasteiger partial charge is 0.290 e. The highest BCUT2D eigenvalue weighted by atomic mass is 32.2. The van der Waals surface area contributed by atoms with Gasteiger partial charge in [0.25, 0.3) is 0 Å². The zero-order chi connectivity index (χ0) is 17.8. The van der Waals surface area contributed by atoms with Gasteiger partial charge >= 0.3 is 5.69 Å². The highest BCUT2D eigenvalue weighted by Crippen LogP contribution is 2.30. The van der Waals surface area contributed by atoms with Crippen molar-refractivity contribution in [2.45, 2.75) is 43.0 Å². The number of nitrogens with zero attached hydrogens (tertiary/aromatic N) is 3. The summed E-state index contributed by atoms with van der Waals surface area (Å²) in [5, 5.41) is 0.908. The van der Waals surface area contributed by atoms with Crippen molar-refractivity contribution in [2.24, 2.45) is 0 Å². The minimum Gasteiger partial charge on any atom is -0.290 e. The van der Waals surface area contributed by atoms with Crippen molar-refractivity contribution in [2.75, 3.05) is 0 Å². The number of pyridine rings is 1. The molecule has 26 heavy (non-hydrogen) atoms. The van der Waals surface area contributed by atoms with E-state index in [4.69, 9.17) is 0 Å². The molecule has 4 rings (SSSR count). The predicted molar refractivity (Wildman–Crippen MR) is 104 cm³/mol. The molecule has 0 unspecified atom stereocenters. The van der Waals surface area contributed by atoms with Crippen molar-refractivity contribution >= 4 is 11.8 Å². The standard InChI is InChI=1S/C21H21N3OS/c25-21-23-20(26-15-16-8-2-1-3-9-16)18-11-4-5-12-19(18)24(21)14-17-10-6-7-13-22-17/h1-3,6-10,13H,4-5,11-12,14-15H2. The molecule has 0 fully saturated rings. The number of hydrogen-bond acceptors (Lipinski definition) is 4. The molecule has 0 saturated carbocycles. The average Bonchev–Trinajstić information content (AvgIpc) is 2.70. The van der Waals surface area contributed by atoms with E-state index in [-0.39, 0.29) is 5.69 Å². The molecule has 0 atom stereocenters. The average molecular weight is 363 g/mol. The monoisotopic (exact) mass is 363 g/mol. The Morgan fingerprint density at radius 3 is 2.62 bits per heavy atom. The van der Waals surface area contributed by atoms with Gasteiger partial charge in [0.05, 0.1) is 12.2 Å². The summed E-state index contributed by atoms with van der Waals surface area (Å²) in [6, 6.07) is 16.1. The molecule has 1 aliphatic carbocycles. The summed E-state index contributed by atoms with van der Waals surface area (Å²) in [4.78, 5) is 21.5. The molecule has 2 heterocycles. The third-order valence-electron chi connectivity index (χ3n) is 4.72.